The maximum absolute atomic E-state index is 13.0. The molecule has 1 heterocycles. The Hall–Kier alpha value is -2.81. The molecule has 1 N–H and O–H groups in total. The molecule has 0 saturated carbocycles. The second kappa shape index (κ2) is 8.74. The largest absolute Gasteiger partial charge is 0.320 e. The van der Waals surface area contributed by atoms with Crippen LogP contribution in [0.25, 0.3) is 10.1 Å². The van der Waals surface area contributed by atoms with Crippen molar-refractivity contribution in [2.24, 2.45) is 0 Å². The third-order valence-corrected chi connectivity index (χ3v) is 8.10. The molecule has 0 aliphatic heterocycles. The molecule has 4 rings (SSSR count). The van der Waals surface area contributed by atoms with E-state index in [-0.39, 0.29) is 5.91 Å². The summed E-state index contributed by atoms with van der Waals surface area (Å²) in [6.07, 6.45) is 1.16. The molecule has 0 bridgehead atoms. The topological polar surface area (TPSA) is 66.5 Å². The monoisotopic (exact) mass is 468 g/mol. The van der Waals surface area contributed by atoms with Gasteiger partial charge < -0.3 is 5.32 Å². The first kappa shape index (κ1) is 21.4. The molecule has 3 aromatic carbocycles. The lowest BCUT2D eigenvalue weighted by Gasteiger charge is -2.16. The number of carbonyl (C=O) groups is 1. The van der Waals surface area contributed by atoms with E-state index >= 15 is 0 Å². The van der Waals surface area contributed by atoms with Crippen molar-refractivity contribution in [2.45, 2.75) is 9.79 Å². The van der Waals surface area contributed by atoms with Gasteiger partial charge in [-0.1, -0.05) is 42.1 Å². The maximum atomic E-state index is 13.0. The van der Waals surface area contributed by atoms with Gasteiger partial charge in [0.15, 0.2) is 0 Å². The van der Waals surface area contributed by atoms with Gasteiger partial charge in [-0.25, -0.2) is 8.42 Å². The first-order valence-corrected chi connectivity index (χ1v) is 12.9. The number of para-hydroxylation sites is 1. The second-order valence-corrected chi connectivity index (χ2v) is 11.1. The van der Waals surface area contributed by atoms with Crippen LogP contribution < -0.4 is 9.62 Å². The minimum absolute atomic E-state index is 0.194. The van der Waals surface area contributed by atoms with Crippen molar-refractivity contribution >= 4 is 60.5 Å². The third kappa shape index (κ3) is 4.92. The van der Waals surface area contributed by atoms with Crippen LogP contribution >= 0.6 is 23.1 Å². The van der Waals surface area contributed by atoms with Crippen LogP contribution in [0.1, 0.15) is 9.67 Å². The first-order chi connectivity index (χ1) is 14.8. The fourth-order valence-corrected chi connectivity index (χ4v) is 5.35. The number of nitrogens with zero attached hydrogens (tertiary/aromatic N) is 1. The second-order valence-electron chi connectivity index (χ2n) is 6.93. The first-order valence-electron chi connectivity index (χ1n) is 9.42. The van der Waals surface area contributed by atoms with E-state index in [1.54, 1.807) is 30.0 Å². The zero-order chi connectivity index (χ0) is 22.0. The van der Waals surface area contributed by atoms with E-state index in [4.69, 9.17) is 0 Å². The van der Waals surface area contributed by atoms with Gasteiger partial charge in [-0.15, -0.1) is 11.3 Å². The molecular formula is C23H20N2O3S3. The molecule has 0 radical (unpaired) electrons. The summed E-state index contributed by atoms with van der Waals surface area (Å²) in [5.74, 6) is -0.194. The van der Waals surface area contributed by atoms with E-state index in [0.717, 1.165) is 31.8 Å². The number of fused-ring (bicyclic) bond motifs is 1. The van der Waals surface area contributed by atoms with E-state index in [1.165, 1.54) is 22.7 Å². The van der Waals surface area contributed by atoms with Crippen LogP contribution in [0.2, 0.25) is 0 Å². The Labute approximate surface area is 189 Å². The Kier molecular flexibility index (Phi) is 6.04. The van der Waals surface area contributed by atoms with E-state index in [1.807, 2.05) is 60.7 Å². The van der Waals surface area contributed by atoms with Crippen molar-refractivity contribution in [3.8, 4) is 0 Å². The lowest BCUT2D eigenvalue weighted by atomic mass is 10.2. The number of carbonyl (C=O) groups excluding carboxylic acids is 1. The van der Waals surface area contributed by atoms with Gasteiger partial charge in [0.05, 0.1) is 22.5 Å². The van der Waals surface area contributed by atoms with Gasteiger partial charge in [0.25, 0.3) is 5.91 Å². The molecule has 0 saturated heterocycles. The number of anilines is 2. The quantitative estimate of drug-likeness (QED) is 0.394. The normalized spacial score (nSPS) is 11.4. The zero-order valence-electron chi connectivity index (χ0n) is 16.9. The summed E-state index contributed by atoms with van der Waals surface area (Å²) >= 11 is 2.97. The Morgan fingerprint density at radius 1 is 0.968 bits per heavy atom. The van der Waals surface area contributed by atoms with Gasteiger partial charge >= 0.3 is 0 Å². The SMILES string of the molecule is CN(c1ccc2sc(C(=O)Nc3ccccc3Sc3ccccc3)cc2c1)S(C)(=O)=O. The van der Waals surface area contributed by atoms with Crippen molar-refractivity contribution in [3.05, 3.63) is 83.7 Å². The van der Waals surface area contributed by atoms with Gasteiger partial charge in [0, 0.05) is 21.5 Å². The predicted molar refractivity (Wildman–Crippen MR) is 130 cm³/mol. The van der Waals surface area contributed by atoms with Crippen molar-refractivity contribution in [2.75, 3.05) is 22.9 Å². The highest BCUT2D eigenvalue weighted by Crippen LogP contribution is 2.34. The van der Waals surface area contributed by atoms with Crippen LogP contribution in [0, 0.1) is 0 Å². The smallest absolute Gasteiger partial charge is 0.265 e. The van der Waals surface area contributed by atoms with Gasteiger partial charge in [0.2, 0.25) is 10.0 Å². The molecule has 158 valence electrons. The van der Waals surface area contributed by atoms with Crippen molar-refractivity contribution < 1.29 is 13.2 Å². The summed E-state index contributed by atoms with van der Waals surface area (Å²) in [5, 5.41) is 3.84. The average Bonchev–Trinajstić information content (AvgIpc) is 3.18. The molecule has 31 heavy (non-hydrogen) atoms. The predicted octanol–water partition coefficient (Wildman–Crippen LogP) is 5.70. The van der Waals surface area contributed by atoms with Crippen molar-refractivity contribution in [1.29, 1.82) is 0 Å². The molecule has 5 nitrogen and oxygen atoms in total. The lowest BCUT2D eigenvalue weighted by molar-refractivity contribution is 0.103. The van der Waals surface area contributed by atoms with Crippen LogP contribution in [0.3, 0.4) is 0 Å². The molecule has 0 atom stereocenters. The standard InChI is InChI=1S/C23H20N2O3S3/c1-25(31(2,27)28)17-12-13-20-16(14-17)15-22(30-20)23(26)24-19-10-6-7-11-21(19)29-18-8-4-3-5-9-18/h3-15H,1-2H3,(H,24,26). The van der Waals surface area contributed by atoms with Crippen LogP contribution in [0.15, 0.2) is 88.7 Å². The zero-order valence-corrected chi connectivity index (χ0v) is 19.4. The Bertz CT molecular complexity index is 1350. The number of amides is 1. The molecule has 4 aromatic rings. The molecule has 0 unspecified atom stereocenters. The minimum atomic E-state index is -3.35. The molecule has 0 fully saturated rings. The highest BCUT2D eigenvalue weighted by atomic mass is 32.2. The summed E-state index contributed by atoms with van der Waals surface area (Å²) < 4.78 is 25.8. The highest BCUT2D eigenvalue weighted by Gasteiger charge is 2.16. The van der Waals surface area contributed by atoms with E-state index < -0.39 is 10.0 Å². The average molecular weight is 469 g/mol. The van der Waals surface area contributed by atoms with E-state index in [2.05, 4.69) is 5.32 Å². The van der Waals surface area contributed by atoms with Gasteiger partial charge in [-0.05, 0) is 53.9 Å². The molecule has 0 spiro atoms. The number of rotatable bonds is 6. The fraction of sp³-hybridized carbons (Fsp3) is 0.0870. The third-order valence-electron chi connectivity index (χ3n) is 4.69. The van der Waals surface area contributed by atoms with Crippen LogP contribution in [0.5, 0.6) is 0 Å². The van der Waals surface area contributed by atoms with Gasteiger partial charge in [0.1, 0.15) is 0 Å². The lowest BCUT2D eigenvalue weighted by Crippen LogP contribution is -2.24. The Morgan fingerprint density at radius 2 is 1.68 bits per heavy atom. The summed E-state index contributed by atoms with van der Waals surface area (Å²) in [4.78, 5) is 15.6. The van der Waals surface area contributed by atoms with Crippen molar-refractivity contribution in [1.82, 2.24) is 0 Å². The maximum Gasteiger partial charge on any atom is 0.265 e. The van der Waals surface area contributed by atoms with Crippen LogP contribution in [-0.4, -0.2) is 27.6 Å². The number of thiophene rings is 1. The number of hydrogen-bond acceptors (Lipinski definition) is 5. The van der Waals surface area contributed by atoms with Gasteiger partial charge in [-0.3, -0.25) is 9.10 Å². The minimum Gasteiger partial charge on any atom is -0.320 e. The summed E-state index contributed by atoms with van der Waals surface area (Å²) in [5.41, 5.74) is 1.31. The van der Waals surface area contributed by atoms with E-state index in [9.17, 15) is 13.2 Å². The molecule has 0 aliphatic carbocycles. The van der Waals surface area contributed by atoms with Gasteiger partial charge in [-0.2, -0.15) is 0 Å². The van der Waals surface area contributed by atoms with Crippen molar-refractivity contribution in [3.63, 3.8) is 0 Å². The summed E-state index contributed by atoms with van der Waals surface area (Å²) in [6, 6.07) is 24.8. The summed E-state index contributed by atoms with van der Waals surface area (Å²) in [6.45, 7) is 0. The fourth-order valence-electron chi connectivity index (χ4n) is 2.99. The Balaban J connectivity index is 1.58. The number of nitrogens with one attached hydrogen (secondary N) is 1. The molecule has 0 aliphatic rings. The molecule has 8 heteroatoms. The number of hydrogen-bond donors (Lipinski definition) is 1. The van der Waals surface area contributed by atoms with Crippen LogP contribution in [-0.2, 0) is 10.0 Å². The van der Waals surface area contributed by atoms with E-state index in [0.29, 0.717) is 10.6 Å². The summed E-state index contributed by atoms with van der Waals surface area (Å²) in [7, 11) is -1.84. The number of sulfonamides is 1. The Morgan fingerprint density at radius 3 is 2.42 bits per heavy atom. The van der Waals surface area contributed by atoms with Crippen LogP contribution in [0.4, 0.5) is 11.4 Å². The molecule has 1 aromatic heterocycles. The highest BCUT2D eigenvalue weighted by molar-refractivity contribution is 7.99. The molecule has 1 amide bonds. The molecular weight excluding hydrogens is 448 g/mol. The number of benzene rings is 3.